The number of nitro benzene ring substituents is 1. The number of nitro groups is 1. The molecule has 0 fully saturated rings. The van der Waals surface area contributed by atoms with Crippen LogP contribution in [0.2, 0.25) is 0 Å². The molecule has 18 heavy (non-hydrogen) atoms. The van der Waals surface area contributed by atoms with Gasteiger partial charge in [-0.3, -0.25) is 10.1 Å². The Morgan fingerprint density at radius 1 is 1.11 bits per heavy atom. The fraction of sp³-hybridized carbons (Fsp3) is 0.0769. The molecule has 0 spiro atoms. The van der Waals surface area contributed by atoms with Gasteiger partial charge in [-0.2, -0.15) is 0 Å². The molecular weight excluding hydrogens is 253 g/mol. The third kappa shape index (κ3) is 3.07. The highest BCUT2D eigenvalue weighted by molar-refractivity contribution is 7.98. The molecule has 2 aromatic rings. The SMILES string of the molecule is O=[N+]([O-])c1ccccc1SCc1ccc(F)cc1. The third-order valence-electron chi connectivity index (χ3n) is 2.37. The third-order valence-corrected chi connectivity index (χ3v) is 3.50. The fourth-order valence-electron chi connectivity index (χ4n) is 1.47. The Hall–Kier alpha value is -1.88. The molecule has 0 aliphatic heterocycles. The molecule has 0 saturated heterocycles. The summed E-state index contributed by atoms with van der Waals surface area (Å²) in [6, 6.07) is 12.7. The van der Waals surface area contributed by atoms with E-state index in [0.29, 0.717) is 10.6 Å². The molecule has 0 aliphatic rings. The normalized spacial score (nSPS) is 10.3. The zero-order valence-corrected chi connectivity index (χ0v) is 10.2. The maximum absolute atomic E-state index is 12.7. The van der Waals surface area contributed by atoms with Crippen molar-refractivity contribution in [1.29, 1.82) is 0 Å². The zero-order valence-electron chi connectivity index (χ0n) is 9.38. The lowest BCUT2D eigenvalue weighted by Crippen LogP contribution is -1.90. The van der Waals surface area contributed by atoms with E-state index in [4.69, 9.17) is 0 Å². The lowest BCUT2D eigenvalue weighted by Gasteiger charge is -2.03. The van der Waals surface area contributed by atoms with Gasteiger partial charge in [-0.25, -0.2) is 4.39 Å². The van der Waals surface area contributed by atoms with E-state index in [2.05, 4.69) is 0 Å². The van der Waals surface area contributed by atoms with Gasteiger partial charge in [0.1, 0.15) is 5.82 Å². The standard InChI is InChI=1S/C13H10FNO2S/c14-11-7-5-10(6-8-11)9-18-13-4-2-1-3-12(13)15(16)17/h1-8H,9H2. The van der Waals surface area contributed by atoms with Crippen LogP contribution in [0.15, 0.2) is 53.4 Å². The van der Waals surface area contributed by atoms with Gasteiger partial charge < -0.3 is 0 Å². The monoisotopic (exact) mass is 263 g/mol. The average molecular weight is 263 g/mol. The quantitative estimate of drug-likeness (QED) is 0.475. The second kappa shape index (κ2) is 5.64. The maximum atomic E-state index is 12.7. The van der Waals surface area contributed by atoms with Gasteiger partial charge in [0.25, 0.3) is 5.69 Å². The minimum atomic E-state index is -0.396. The van der Waals surface area contributed by atoms with Crippen LogP contribution < -0.4 is 0 Å². The van der Waals surface area contributed by atoms with Gasteiger partial charge in [-0.05, 0) is 23.8 Å². The van der Waals surface area contributed by atoms with Gasteiger partial charge in [-0.15, -0.1) is 11.8 Å². The van der Waals surface area contributed by atoms with E-state index in [1.54, 1.807) is 30.3 Å². The zero-order chi connectivity index (χ0) is 13.0. The smallest absolute Gasteiger partial charge is 0.258 e. The minimum absolute atomic E-state index is 0.101. The largest absolute Gasteiger partial charge is 0.282 e. The number of nitrogens with zero attached hydrogens (tertiary/aromatic N) is 1. The van der Waals surface area contributed by atoms with Gasteiger partial charge in [0.2, 0.25) is 0 Å². The van der Waals surface area contributed by atoms with Crippen molar-refractivity contribution >= 4 is 17.4 Å². The molecule has 0 radical (unpaired) electrons. The molecule has 0 bridgehead atoms. The summed E-state index contributed by atoms with van der Waals surface area (Å²) >= 11 is 1.37. The first kappa shape index (κ1) is 12.6. The van der Waals surface area contributed by atoms with Gasteiger partial charge in [0, 0.05) is 11.8 Å². The predicted octanol–water partition coefficient (Wildman–Crippen LogP) is 4.03. The Bertz CT molecular complexity index is 557. The Labute approximate surface area is 108 Å². The number of benzene rings is 2. The summed E-state index contributed by atoms with van der Waals surface area (Å²) in [7, 11) is 0. The van der Waals surface area contributed by atoms with Crippen molar-refractivity contribution in [3.8, 4) is 0 Å². The Balaban J connectivity index is 2.10. The van der Waals surface area contributed by atoms with Crippen LogP contribution in [-0.2, 0) is 5.75 Å². The predicted molar refractivity (Wildman–Crippen MR) is 69.1 cm³/mol. The van der Waals surface area contributed by atoms with Gasteiger partial charge >= 0.3 is 0 Å². The number of rotatable bonds is 4. The van der Waals surface area contributed by atoms with E-state index in [1.165, 1.54) is 30.0 Å². The van der Waals surface area contributed by atoms with Crippen LogP contribution in [-0.4, -0.2) is 4.92 Å². The first-order valence-electron chi connectivity index (χ1n) is 5.27. The van der Waals surface area contributed by atoms with Crippen molar-refractivity contribution in [2.75, 3.05) is 0 Å². The second-order valence-corrected chi connectivity index (χ2v) is 4.66. The molecule has 5 heteroatoms. The van der Waals surface area contributed by atoms with Crippen molar-refractivity contribution < 1.29 is 9.31 Å². The van der Waals surface area contributed by atoms with E-state index in [-0.39, 0.29) is 11.5 Å². The highest BCUT2D eigenvalue weighted by Crippen LogP contribution is 2.30. The van der Waals surface area contributed by atoms with Crippen molar-refractivity contribution in [2.45, 2.75) is 10.6 Å². The molecule has 3 nitrogen and oxygen atoms in total. The van der Waals surface area contributed by atoms with Crippen molar-refractivity contribution in [3.05, 3.63) is 70.0 Å². The highest BCUT2D eigenvalue weighted by Gasteiger charge is 2.12. The number of para-hydroxylation sites is 1. The summed E-state index contributed by atoms with van der Waals surface area (Å²) in [5, 5.41) is 10.8. The summed E-state index contributed by atoms with van der Waals surface area (Å²) < 4.78 is 12.7. The molecule has 0 amide bonds. The summed E-state index contributed by atoms with van der Waals surface area (Å²) in [6.45, 7) is 0. The van der Waals surface area contributed by atoms with E-state index < -0.39 is 4.92 Å². The Morgan fingerprint density at radius 3 is 2.44 bits per heavy atom. The van der Waals surface area contributed by atoms with Crippen LogP contribution in [0.25, 0.3) is 0 Å². The van der Waals surface area contributed by atoms with Gasteiger partial charge in [-0.1, -0.05) is 24.3 Å². The summed E-state index contributed by atoms with van der Waals surface area (Å²) in [5.41, 5.74) is 1.03. The average Bonchev–Trinajstić information content (AvgIpc) is 2.38. The van der Waals surface area contributed by atoms with Gasteiger partial charge in [0.15, 0.2) is 0 Å². The molecule has 0 unspecified atom stereocenters. The molecular formula is C13H10FNO2S. The second-order valence-electron chi connectivity index (χ2n) is 3.64. The summed E-state index contributed by atoms with van der Waals surface area (Å²) in [5.74, 6) is 0.292. The molecule has 2 aromatic carbocycles. The Morgan fingerprint density at radius 2 is 1.78 bits per heavy atom. The lowest BCUT2D eigenvalue weighted by atomic mass is 10.2. The van der Waals surface area contributed by atoms with Crippen molar-refractivity contribution in [1.82, 2.24) is 0 Å². The highest BCUT2D eigenvalue weighted by atomic mass is 32.2. The number of hydrogen-bond acceptors (Lipinski definition) is 3. The maximum Gasteiger partial charge on any atom is 0.282 e. The van der Waals surface area contributed by atoms with Crippen LogP contribution in [0.3, 0.4) is 0 Å². The number of thioether (sulfide) groups is 1. The van der Waals surface area contributed by atoms with Crippen LogP contribution in [0.4, 0.5) is 10.1 Å². The van der Waals surface area contributed by atoms with Gasteiger partial charge in [0.05, 0.1) is 9.82 Å². The molecule has 0 N–H and O–H groups in total. The van der Waals surface area contributed by atoms with E-state index in [9.17, 15) is 14.5 Å². The van der Waals surface area contributed by atoms with Crippen molar-refractivity contribution in [2.24, 2.45) is 0 Å². The number of halogens is 1. The minimum Gasteiger partial charge on any atom is -0.258 e. The lowest BCUT2D eigenvalue weighted by molar-refractivity contribution is -0.387. The van der Waals surface area contributed by atoms with E-state index >= 15 is 0 Å². The van der Waals surface area contributed by atoms with Crippen LogP contribution in [0.1, 0.15) is 5.56 Å². The Kier molecular flexibility index (Phi) is 3.94. The number of hydrogen-bond donors (Lipinski definition) is 0. The molecule has 92 valence electrons. The van der Waals surface area contributed by atoms with E-state index in [1.807, 2.05) is 0 Å². The fourth-order valence-corrected chi connectivity index (χ4v) is 2.45. The molecule has 0 saturated carbocycles. The first-order chi connectivity index (χ1) is 8.66. The van der Waals surface area contributed by atoms with E-state index in [0.717, 1.165) is 5.56 Å². The van der Waals surface area contributed by atoms with Crippen molar-refractivity contribution in [3.63, 3.8) is 0 Å². The molecule has 0 aromatic heterocycles. The molecule has 0 aliphatic carbocycles. The van der Waals surface area contributed by atoms with Crippen LogP contribution in [0, 0.1) is 15.9 Å². The van der Waals surface area contributed by atoms with Crippen LogP contribution >= 0.6 is 11.8 Å². The summed E-state index contributed by atoms with van der Waals surface area (Å²) in [6.07, 6.45) is 0. The molecule has 2 rings (SSSR count). The topological polar surface area (TPSA) is 43.1 Å². The summed E-state index contributed by atoms with van der Waals surface area (Å²) in [4.78, 5) is 11.0. The molecule has 0 atom stereocenters. The molecule has 0 heterocycles. The van der Waals surface area contributed by atoms with Crippen LogP contribution in [0.5, 0.6) is 0 Å². The first-order valence-corrected chi connectivity index (χ1v) is 6.26.